The Morgan fingerprint density at radius 1 is 0.703 bits per heavy atom. The maximum atomic E-state index is 12.0. The molecule has 0 spiro atoms. The number of aliphatic carboxylic acids is 2. The number of rotatable bonds is 25. The van der Waals surface area contributed by atoms with E-state index < -0.39 is 61.6 Å². The maximum Gasteiger partial charge on any atom is 0.336 e. The summed E-state index contributed by atoms with van der Waals surface area (Å²) < 4.78 is 9.83. The quantitative estimate of drug-likeness (QED) is 0.0978. The first-order chi connectivity index (χ1) is 17.6. The summed E-state index contributed by atoms with van der Waals surface area (Å²) in [4.78, 5) is 45.6. The average molecular weight is 533 g/mol. The van der Waals surface area contributed by atoms with Crippen molar-refractivity contribution >= 4 is 23.9 Å². The molecule has 10 heteroatoms. The molecule has 2 unspecified atom stereocenters. The Hall–Kier alpha value is -2.20. The fraction of sp³-hybridized carbons (Fsp3) is 0.852. The summed E-state index contributed by atoms with van der Waals surface area (Å²) >= 11 is 0. The van der Waals surface area contributed by atoms with E-state index in [1.54, 1.807) is 0 Å². The minimum absolute atomic E-state index is 0.167. The molecule has 0 aliphatic rings. The third kappa shape index (κ3) is 19.6. The van der Waals surface area contributed by atoms with Crippen LogP contribution >= 0.6 is 0 Å². The zero-order valence-corrected chi connectivity index (χ0v) is 22.5. The van der Waals surface area contributed by atoms with Gasteiger partial charge in [-0.25, -0.2) is 4.79 Å². The molecule has 0 saturated heterocycles. The van der Waals surface area contributed by atoms with Gasteiger partial charge in [-0.1, -0.05) is 96.8 Å². The van der Waals surface area contributed by atoms with Crippen molar-refractivity contribution < 1.29 is 49.1 Å². The number of esters is 2. The van der Waals surface area contributed by atoms with Crippen LogP contribution in [0, 0.1) is 0 Å². The lowest BCUT2D eigenvalue weighted by Crippen LogP contribution is -2.43. The van der Waals surface area contributed by atoms with E-state index in [1.165, 1.54) is 70.6 Å². The van der Waals surface area contributed by atoms with Crippen molar-refractivity contribution in [2.75, 3.05) is 13.2 Å². The van der Waals surface area contributed by atoms with Crippen molar-refractivity contribution in [1.29, 1.82) is 0 Å². The molecule has 37 heavy (non-hydrogen) atoms. The van der Waals surface area contributed by atoms with Gasteiger partial charge < -0.3 is 29.9 Å². The maximum absolute atomic E-state index is 12.0. The summed E-state index contributed by atoms with van der Waals surface area (Å²) in [6.07, 6.45) is 14.9. The number of unbranched alkanes of at least 4 members (excludes halogenated alkanes) is 14. The van der Waals surface area contributed by atoms with Crippen molar-refractivity contribution in [3.05, 3.63) is 0 Å². The number of hydrogen-bond acceptors (Lipinski definition) is 8. The Labute approximate surface area is 220 Å². The summed E-state index contributed by atoms with van der Waals surface area (Å²) in [5.41, 5.74) is -2.82. The smallest absolute Gasteiger partial charge is 0.336 e. The van der Waals surface area contributed by atoms with Gasteiger partial charge in [0, 0.05) is 6.42 Å². The first-order valence-corrected chi connectivity index (χ1v) is 13.8. The first kappa shape index (κ1) is 34.8. The molecule has 0 aromatic rings. The van der Waals surface area contributed by atoms with E-state index in [0.717, 1.165) is 19.3 Å². The lowest BCUT2D eigenvalue weighted by atomic mass is 9.96. The molecule has 0 aromatic carbocycles. The van der Waals surface area contributed by atoms with Gasteiger partial charge in [-0.3, -0.25) is 14.4 Å². The zero-order valence-electron chi connectivity index (χ0n) is 22.5. The molecule has 0 heterocycles. The minimum atomic E-state index is -2.82. The van der Waals surface area contributed by atoms with Crippen LogP contribution in [0.5, 0.6) is 0 Å². The summed E-state index contributed by atoms with van der Waals surface area (Å²) in [5, 5.41) is 36.9. The molecule has 0 radical (unpaired) electrons. The number of aliphatic hydroxyl groups excluding tert-OH is 1. The lowest BCUT2D eigenvalue weighted by Gasteiger charge is -2.21. The Bertz CT molecular complexity index is 651. The first-order valence-electron chi connectivity index (χ1n) is 13.8. The van der Waals surface area contributed by atoms with Gasteiger partial charge in [0.15, 0.2) is 11.7 Å². The predicted molar refractivity (Wildman–Crippen MR) is 137 cm³/mol. The molecule has 10 nitrogen and oxygen atoms in total. The van der Waals surface area contributed by atoms with Crippen LogP contribution in [0.1, 0.15) is 122 Å². The van der Waals surface area contributed by atoms with E-state index in [4.69, 9.17) is 19.7 Å². The van der Waals surface area contributed by atoms with Crippen LogP contribution in [0.4, 0.5) is 0 Å². The average Bonchev–Trinajstić information content (AvgIpc) is 2.83. The van der Waals surface area contributed by atoms with Crippen LogP contribution in [0.2, 0.25) is 0 Å². The topological polar surface area (TPSA) is 168 Å². The van der Waals surface area contributed by atoms with E-state index in [1.807, 2.05) is 0 Å². The van der Waals surface area contributed by atoms with Crippen LogP contribution < -0.4 is 0 Å². The van der Waals surface area contributed by atoms with Crippen molar-refractivity contribution in [2.24, 2.45) is 0 Å². The van der Waals surface area contributed by atoms with Crippen LogP contribution in [-0.4, -0.2) is 69.2 Å². The fourth-order valence-electron chi connectivity index (χ4n) is 3.95. The van der Waals surface area contributed by atoms with Gasteiger partial charge in [0.1, 0.15) is 6.61 Å². The summed E-state index contributed by atoms with van der Waals surface area (Å²) in [7, 11) is 0. The molecular weight excluding hydrogens is 484 g/mol. The van der Waals surface area contributed by atoms with Crippen molar-refractivity contribution in [2.45, 2.75) is 134 Å². The highest BCUT2D eigenvalue weighted by atomic mass is 16.6. The molecule has 0 aliphatic heterocycles. The Morgan fingerprint density at radius 3 is 1.57 bits per heavy atom. The van der Waals surface area contributed by atoms with Gasteiger partial charge in [-0.15, -0.1) is 0 Å². The van der Waals surface area contributed by atoms with Crippen molar-refractivity contribution in [1.82, 2.24) is 0 Å². The predicted octanol–water partition coefficient (Wildman–Crippen LogP) is 4.38. The van der Waals surface area contributed by atoms with E-state index in [0.29, 0.717) is 6.42 Å². The number of aliphatic hydroxyl groups is 2. The lowest BCUT2D eigenvalue weighted by molar-refractivity contribution is -0.174. The fourth-order valence-corrected chi connectivity index (χ4v) is 3.95. The number of ether oxygens (including phenoxy) is 2. The normalized spacial score (nSPS) is 13.5. The molecular formula is C27H48O10. The summed E-state index contributed by atoms with van der Waals surface area (Å²) in [6.45, 7) is 1.08. The minimum Gasteiger partial charge on any atom is -0.481 e. The molecule has 0 aliphatic carbocycles. The Morgan fingerprint density at radius 2 is 1.16 bits per heavy atom. The molecule has 0 rings (SSSR count). The van der Waals surface area contributed by atoms with Crippen LogP contribution in [0.3, 0.4) is 0 Å². The Balaban J connectivity index is 3.85. The zero-order chi connectivity index (χ0) is 27.9. The third-order valence-corrected chi connectivity index (χ3v) is 6.19. The van der Waals surface area contributed by atoms with Crippen LogP contribution in [0.25, 0.3) is 0 Å². The van der Waals surface area contributed by atoms with Gasteiger partial charge in [-0.2, -0.15) is 0 Å². The van der Waals surface area contributed by atoms with Gasteiger partial charge in [-0.05, 0) is 6.42 Å². The SMILES string of the molecule is CCCCCCCCCCCCCCCCCC(=O)OC(CO)COC(=O)CC(O)(CC(=O)O)C(=O)O. The van der Waals surface area contributed by atoms with Crippen molar-refractivity contribution in [3.63, 3.8) is 0 Å². The molecule has 4 N–H and O–H groups in total. The van der Waals surface area contributed by atoms with E-state index >= 15 is 0 Å². The van der Waals surface area contributed by atoms with Crippen LogP contribution in [-0.2, 0) is 28.7 Å². The Kier molecular flexibility index (Phi) is 20.5. The number of hydrogen-bond donors (Lipinski definition) is 4. The van der Waals surface area contributed by atoms with Gasteiger partial charge in [0.05, 0.1) is 19.4 Å². The number of carboxylic acids is 2. The number of carboxylic acid groups (broad SMARTS) is 2. The summed E-state index contributed by atoms with van der Waals surface area (Å²) in [5.74, 6) is -5.21. The molecule has 2 atom stereocenters. The van der Waals surface area contributed by atoms with Gasteiger partial charge in [0.2, 0.25) is 0 Å². The summed E-state index contributed by atoms with van der Waals surface area (Å²) in [6, 6.07) is 0. The molecule has 0 saturated carbocycles. The number of carbonyl (C=O) groups is 4. The standard InChI is InChI=1S/C27H48O10/c1-2-3-4-5-6-7-8-9-10-11-12-13-14-15-16-17-24(31)37-22(20-28)21-36-25(32)19-27(35,26(33)34)18-23(29)30/h22,28,35H,2-21H2,1H3,(H,29,30)(H,33,34). The second-order valence-corrected chi connectivity index (χ2v) is 9.76. The largest absolute Gasteiger partial charge is 0.481 e. The molecule has 0 amide bonds. The van der Waals surface area contributed by atoms with Crippen LogP contribution in [0.15, 0.2) is 0 Å². The molecule has 0 bridgehead atoms. The van der Waals surface area contributed by atoms with Crippen molar-refractivity contribution in [3.8, 4) is 0 Å². The molecule has 216 valence electrons. The third-order valence-electron chi connectivity index (χ3n) is 6.19. The van der Waals surface area contributed by atoms with E-state index in [2.05, 4.69) is 6.92 Å². The van der Waals surface area contributed by atoms with E-state index in [9.17, 15) is 29.4 Å². The highest BCUT2D eigenvalue weighted by molar-refractivity contribution is 5.88. The second-order valence-electron chi connectivity index (χ2n) is 9.76. The highest BCUT2D eigenvalue weighted by Gasteiger charge is 2.41. The van der Waals surface area contributed by atoms with Gasteiger partial charge >= 0.3 is 23.9 Å². The van der Waals surface area contributed by atoms with Gasteiger partial charge in [0.25, 0.3) is 0 Å². The monoisotopic (exact) mass is 532 g/mol. The molecule has 0 aromatic heterocycles. The second kappa shape index (κ2) is 21.8. The highest BCUT2D eigenvalue weighted by Crippen LogP contribution is 2.17. The van der Waals surface area contributed by atoms with E-state index in [-0.39, 0.29) is 6.42 Å². The molecule has 0 fully saturated rings. The number of carbonyl (C=O) groups excluding carboxylic acids is 2.